The molecule has 0 bridgehead atoms. The van der Waals surface area contributed by atoms with Crippen molar-refractivity contribution in [2.75, 3.05) is 50.8 Å². The van der Waals surface area contributed by atoms with Gasteiger partial charge in [0.1, 0.15) is 0 Å². The third-order valence-corrected chi connectivity index (χ3v) is 5.03. The van der Waals surface area contributed by atoms with Crippen molar-refractivity contribution in [3.05, 3.63) is 29.8 Å². The molecule has 3 heteroatoms. The van der Waals surface area contributed by atoms with Crippen LogP contribution >= 0.6 is 0 Å². The predicted molar refractivity (Wildman–Crippen MR) is 94.9 cm³/mol. The Morgan fingerprint density at radius 1 is 1.00 bits per heavy atom. The molecular weight excluding hydrogens is 272 g/mol. The fourth-order valence-electron chi connectivity index (χ4n) is 2.90. The van der Waals surface area contributed by atoms with Crippen LogP contribution in [0.4, 0.5) is 5.69 Å². The largest absolute Gasteiger partial charge is 0.380 e. The topological polar surface area (TPSA) is 15.7 Å². The SMILES string of the molecule is CCOCCN1CCN(c2ccc(C(C)(C)CC)cc2)CC1. The Hall–Kier alpha value is -1.06. The van der Waals surface area contributed by atoms with E-state index in [-0.39, 0.29) is 5.41 Å². The smallest absolute Gasteiger partial charge is 0.0593 e. The normalized spacial score (nSPS) is 17.0. The van der Waals surface area contributed by atoms with Gasteiger partial charge in [-0.2, -0.15) is 0 Å². The van der Waals surface area contributed by atoms with Gasteiger partial charge < -0.3 is 9.64 Å². The quantitative estimate of drug-likeness (QED) is 0.717. The van der Waals surface area contributed by atoms with Crippen LogP contribution in [-0.2, 0) is 10.2 Å². The van der Waals surface area contributed by atoms with Gasteiger partial charge >= 0.3 is 0 Å². The lowest BCUT2D eigenvalue weighted by molar-refractivity contribution is 0.111. The predicted octanol–water partition coefficient (Wildman–Crippen LogP) is 3.53. The van der Waals surface area contributed by atoms with E-state index in [4.69, 9.17) is 4.74 Å². The van der Waals surface area contributed by atoms with Crippen molar-refractivity contribution in [1.29, 1.82) is 0 Å². The lowest BCUT2D eigenvalue weighted by Gasteiger charge is -2.36. The summed E-state index contributed by atoms with van der Waals surface area (Å²) in [6.07, 6.45) is 1.17. The minimum atomic E-state index is 0.274. The highest BCUT2D eigenvalue weighted by atomic mass is 16.5. The molecule has 1 aliphatic heterocycles. The van der Waals surface area contributed by atoms with Crippen LogP contribution in [0.5, 0.6) is 0 Å². The highest BCUT2D eigenvalue weighted by Gasteiger charge is 2.20. The maximum Gasteiger partial charge on any atom is 0.0593 e. The molecule has 1 aromatic carbocycles. The molecule has 0 amide bonds. The van der Waals surface area contributed by atoms with E-state index in [1.807, 2.05) is 0 Å². The van der Waals surface area contributed by atoms with E-state index in [0.29, 0.717) is 0 Å². The standard InChI is InChI=1S/C19H32N2O/c1-5-19(3,4)17-7-9-18(10-8-17)21-13-11-20(12-14-21)15-16-22-6-2/h7-10H,5-6,11-16H2,1-4H3. The molecule has 3 nitrogen and oxygen atoms in total. The summed E-state index contributed by atoms with van der Waals surface area (Å²) in [5.74, 6) is 0. The Labute approximate surface area is 136 Å². The molecule has 0 atom stereocenters. The summed E-state index contributed by atoms with van der Waals surface area (Å²) >= 11 is 0. The zero-order valence-electron chi connectivity index (χ0n) is 14.8. The molecule has 0 aliphatic carbocycles. The Bertz CT molecular complexity index is 433. The van der Waals surface area contributed by atoms with Gasteiger partial charge in [0.25, 0.3) is 0 Å². The molecule has 1 aromatic rings. The molecule has 0 saturated carbocycles. The number of hydrogen-bond acceptors (Lipinski definition) is 3. The van der Waals surface area contributed by atoms with Gasteiger partial charge in [-0.05, 0) is 36.5 Å². The first-order chi connectivity index (χ1) is 10.6. The second-order valence-electron chi connectivity index (χ2n) is 6.81. The monoisotopic (exact) mass is 304 g/mol. The van der Waals surface area contributed by atoms with E-state index in [2.05, 4.69) is 61.8 Å². The number of hydrogen-bond donors (Lipinski definition) is 0. The average Bonchev–Trinajstić information content (AvgIpc) is 2.56. The molecule has 0 aromatic heterocycles. The summed E-state index contributed by atoms with van der Waals surface area (Å²) in [6.45, 7) is 16.2. The molecule has 0 unspecified atom stereocenters. The number of nitrogens with zero attached hydrogens (tertiary/aromatic N) is 2. The fraction of sp³-hybridized carbons (Fsp3) is 0.684. The van der Waals surface area contributed by atoms with Gasteiger partial charge in [-0.25, -0.2) is 0 Å². The van der Waals surface area contributed by atoms with Gasteiger partial charge in [-0.15, -0.1) is 0 Å². The van der Waals surface area contributed by atoms with Gasteiger partial charge in [0, 0.05) is 45.0 Å². The Balaban J connectivity index is 1.86. The second-order valence-corrected chi connectivity index (χ2v) is 6.81. The van der Waals surface area contributed by atoms with Crippen LogP contribution in [0.25, 0.3) is 0 Å². The van der Waals surface area contributed by atoms with Gasteiger partial charge in [0.05, 0.1) is 6.61 Å². The highest BCUT2D eigenvalue weighted by molar-refractivity contribution is 5.49. The third-order valence-electron chi connectivity index (χ3n) is 5.03. The van der Waals surface area contributed by atoms with Crippen LogP contribution in [0.2, 0.25) is 0 Å². The number of piperazine rings is 1. The summed E-state index contributed by atoms with van der Waals surface area (Å²) in [5.41, 5.74) is 3.07. The van der Waals surface area contributed by atoms with Gasteiger partial charge in [0.15, 0.2) is 0 Å². The van der Waals surface area contributed by atoms with Crippen molar-refractivity contribution in [1.82, 2.24) is 4.90 Å². The molecule has 1 aliphatic rings. The number of anilines is 1. The zero-order chi connectivity index (χ0) is 16.0. The van der Waals surface area contributed by atoms with Crippen LogP contribution in [0, 0.1) is 0 Å². The van der Waals surface area contributed by atoms with Crippen molar-refractivity contribution in [2.45, 2.75) is 39.5 Å². The Morgan fingerprint density at radius 2 is 1.64 bits per heavy atom. The summed E-state index contributed by atoms with van der Waals surface area (Å²) in [6, 6.07) is 9.20. The molecule has 0 radical (unpaired) electrons. The molecule has 1 heterocycles. The molecule has 1 fully saturated rings. The number of rotatable bonds is 7. The van der Waals surface area contributed by atoms with Crippen LogP contribution in [0.3, 0.4) is 0 Å². The van der Waals surface area contributed by atoms with E-state index >= 15 is 0 Å². The van der Waals surface area contributed by atoms with Crippen LogP contribution in [-0.4, -0.2) is 50.8 Å². The van der Waals surface area contributed by atoms with Crippen LogP contribution < -0.4 is 4.90 Å². The maximum atomic E-state index is 5.45. The molecule has 124 valence electrons. The van der Waals surface area contributed by atoms with E-state index < -0.39 is 0 Å². The van der Waals surface area contributed by atoms with Crippen molar-refractivity contribution >= 4 is 5.69 Å². The van der Waals surface area contributed by atoms with Crippen molar-refractivity contribution < 1.29 is 4.74 Å². The average molecular weight is 304 g/mol. The number of ether oxygens (including phenoxy) is 1. The summed E-state index contributed by atoms with van der Waals surface area (Å²) in [4.78, 5) is 5.00. The van der Waals surface area contributed by atoms with E-state index in [9.17, 15) is 0 Å². The highest BCUT2D eigenvalue weighted by Crippen LogP contribution is 2.28. The van der Waals surface area contributed by atoms with E-state index in [1.165, 1.54) is 17.7 Å². The minimum Gasteiger partial charge on any atom is -0.380 e. The van der Waals surface area contributed by atoms with Crippen LogP contribution in [0.1, 0.15) is 39.7 Å². The molecule has 2 rings (SSSR count). The molecule has 0 spiro atoms. The first kappa shape index (κ1) is 17.3. The third kappa shape index (κ3) is 4.47. The molecular formula is C19H32N2O. The number of benzene rings is 1. The second kappa shape index (κ2) is 7.98. The lowest BCUT2D eigenvalue weighted by atomic mass is 9.82. The van der Waals surface area contributed by atoms with Crippen molar-refractivity contribution in [3.63, 3.8) is 0 Å². The van der Waals surface area contributed by atoms with Crippen LogP contribution in [0.15, 0.2) is 24.3 Å². The zero-order valence-corrected chi connectivity index (χ0v) is 14.8. The molecule has 0 N–H and O–H groups in total. The Kier molecular flexibility index (Phi) is 6.27. The Morgan fingerprint density at radius 3 is 2.18 bits per heavy atom. The van der Waals surface area contributed by atoms with Crippen molar-refractivity contribution in [2.24, 2.45) is 0 Å². The first-order valence-electron chi connectivity index (χ1n) is 8.72. The molecule has 22 heavy (non-hydrogen) atoms. The van der Waals surface area contributed by atoms with E-state index in [0.717, 1.165) is 45.9 Å². The fourth-order valence-corrected chi connectivity index (χ4v) is 2.90. The maximum absolute atomic E-state index is 5.45. The summed E-state index contributed by atoms with van der Waals surface area (Å²) in [7, 11) is 0. The van der Waals surface area contributed by atoms with Gasteiger partial charge in [0.2, 0.25) is 0 Å². The first-order valence-corrected chi connectivity index (χ1v) is 8.72. The lowest BCUT2D eigenvalue weighted by Crippen LogP contribution is -2.47. The summed E-state index contributed by atoms with van der Waals surface area (Å²) in [5, 5.41) is 0. The minimum absolute atomic E-state index is 0.274. The van der Waals surface area contributed by atoms with Gasteiger partial charge in [-0.1, -0.05) is 32.9 Å². The van der Waals surface area contributed by atoms with Gasteiger partial charge in [-0.3, -0.25) is 4.90 Å². The summed E-state index contributed by atoms with van der Waals surface area (Å²) < 4.78 is 5.45. The van der Waals surface area contributed by atoms with E-state index in [1.54, 1.807) is 0 Å². The van der Waals surface area contributed by atoms with Crippen molar-refractivity contribution in [3.8, 4) is 0 Å². The molecule has 1 saturated heterocycles.